The van der Waals surface area contributed by atoms with E-state index in [-0.39, 0.29) is 18.6 Å². The number of carboxylic acid groups (broad SMARTS) is 1. The largest absolute Gasteiger partial charge is 0.480 e. The van der Waals surface area contributed by atoms with E-state index in [0.717, 1.165) is 82.5 Å². The number of piperidine rings is 1. The first-order chi connectivity index (χ1) is 25.2. The number of pyridine rings is 2. The van der Waals surface area contributed by atoms with Crippen molar-refractivity contribution in [2.45, 2.75) is 77.7 Å². The monoisotopic (exact) mass is 700 g/mol. The van der Waals surface area contributed by atoms with Gasteiger partial charge >= 0.3 is 5.97 Å². The van der Waals surface area contributed by atoms with E-state index in [1.807, 2.05) is 30.6 Å². The van der Waals surface area contributed by atoms with Gasteiger partial charge in [-0.05, 0) is 91.2 Å². The smallest absolute Gasteiger partial charge is 0.320 e. The van der Waals surface area contributed by atoms with Crippen molar-refractivity contribution in [1.82, 2.24) is 29.7 Å². The highest BCUT2D eigenvalue weighted by molar-refractivity contribution is 5.83. The minimum absolute atomic E-state index is 0.0902. The molecule has 0 aliphatic carbocycles. The molecule has 2 N–H and O–H groups in total. The van der Waals surface area contributed by atoms with Crippen molar-refractivity contribution >= 4 is 22.8 Å². The van der Waals surface area contributed by atoms with Crippen LogP contribution in [0.3, 0.4) is 0 Å². The lowest BCUT2D eigenvalue weighted by molar-refractivity contribution is -0.146. The fourth-order valence-electron chi connectivity index (χ4n) is 8.17. The third-order valence-electron chi connectivity index (χ3n) is 11.1. The molecule has 8 rings (SSSR count). The summed E-state index contributed by atoms with van der Waals surface area (Å²) >= 11 is 0. The SMILES string of the molecule is Cc1c(Cc2nccc3cc(CN4CC[C@@H](O)C4)cnc23)cccc1-c1cccc(-c2nc3c(o2)CN(C(=O)CN2CCCC[C@H]2C(=O)O)C3)c1C. The number of aliphatic hydroxyl groups is 1. The number of oxazole rings is 1. The molecule has 268 valence electrons. The Morgan fingerprint density at radius 1 is 0.942 bits per heavy atom. The summed E-state index contributed by atoms with van der Waals surface area (Å²) in [5.74, 6) is 0.252. The van der Waals surface area contributed by atoms with E-state index < -0.39 is 12.0 Å². The minimum atomic E-state index is -0.865. The molecule has 11 heteroatoms. The van der Waals surface area contributed by atoms with Gasteiger partial charge in [-0.1, -0.05) is 36.8 Å². The molecule has 5 aromatic rings. The van der Waals surface area contributed by atoms with Gasteiger partial charge in [0.25, 0.3) is 0 Å². The number of aliphatic hydroxyl groups excluding tert-OH is 1. The van der Waals surface area contributed by atoms with E-state index in [2.05, 4.69) is 49.1 Å². The summed E-state index contributed by atoms with van der Waals surface area (Å²) in [6.07, 6.45) is 7.37. The van der Waals surface area contributed by atoms with Crippen LogP contribution >= 0.6 is 0 Å². The van der Waals surface area contributed by atoms with Crippen LogP contribution < -0.4 is 0 Å². The number of β-amino-alcohol motifs (C(OH)–C–C–N with tert-alkyl or cyclic N) is 1. The maximum Gasteiger partial charge on any atom is 0.320 e. The molecule has 52 heavy (non-hydrogen) atoms. The van der Waals surface area contributed by atoms with E-state index in [1.54, 1.807) is 9.80 Å². The van der Waals surface area contributed by atoms with Crippen LogP contribution in [0.2, 0.25) is 0 Å². The van der Waals surface area contributed by atoms with Crippen LogP contribution in [0.25, 0.3) is 33.5 Å². The number of likely N-dealkylation sites (tertiary alicyclic amines) is 2. The zero-order valence-electron chi connectivity index (χ0n) is 29.7. The van der Waals surface area contributed by atoms with Crippen molar-refractivity contribution in [2.24, 2.45) is 0 Å². The van der Waals surface area contributed by atoms with Gasteiger partial charge in [0.1, 0.15) is 17.5 Å². The topological polar surface area (TPSA) is 136 Å². The lowest BCUT2D eigenvalue weighted by Gasteiger charge is -2.33. The molecule has 0 radical (unpaired) electrons. The van der Waals surface area contributed by atoms with Gasteiger partial charge < -0.3 is 19.5 Å². The fraction of sp³-hybridized carbons (Fsp3) is 0.390. The molecule has 3 aromatic heterocycles. The van der Waals surface area contributed by atoms with E-state index in [1.165, 1.54) is 11.1 Å². The average Bonchev–Trinajstić information content (AvgIpc) is 3.85. The molecule has 2 saturated heterocycles. The maximum atomic E-state index is 13.2. The Hall–Kier alpha value is -4.97. The van der Waals surface area contributed by atoms with Gasteiger partial charge in [-0.2, -0.15) is 0 Å². The lowest BCUT2D eigenvalue weighted by Crippen LogP contribution is -2.49. The Morgan fingerprint density at radius 2 is 1.75 bits per heavy atom. The first-order valence-corrected chi connectivity index (χ1v) is 18.3. The summed E-state index contributed by atoms with van der Waals surface area (Å²) in [5.41, 5.74) is 10.3. The van der Waals surface area contributed by atoms with Crippen LogP contribution in [0.1, 0.15) is 65.1 Å². The van der Waals surface area contributed by atoms with Gasteiger partial charge in [0.15, 0.2) is 0 Å². The third-order valence-corrected chi connectivity index (χ3v) is 11.1. The second kappa shape index (κ2) is 14.2. The summed E-state index contributed by atoms with van der Waals surface area (Å²) < 4.78 is 6.30. The number of carbonyl (C=O) groups is 2. The van der Waals surface area contributed by atoms with Crippen molar-refractivity contribution < 1.29 is 24.2 Å². The first kappa shape index (κ1) is 34.1. The Kier molecular flexibility index (Phi) is 9.33. The second-order valence-corrected chi connectivity index (χ2v) is 14.6. The molecular formula is C41H44N6O5. The van der Waals surface area contributed by atoms with Crippen LogP contribution in [-0.4, -0.2) is 90.1 Å². The third kappa shape index (κ3) is 6.71. The summed E-state index contributed by atoms with van der Waals surface area (Å²) in [6, 6.07) is 16.2. The normalized spacial score (nSPS) is 19.4. The molecule has 2 atom stereocenters. The number of benzene rings is 2. The fourth-order valence-corrected chi connectivity index (χ4v) is 8.17. The van der Waals surface area contributed by atoms with Gasteiger partial charge in [0.05, 0.1) is 36.9 Å². The first-order valence-electron chi connectivity index (χ1n) is 18.3. The molecule has 0 unspecified atom stereocenters. The predicted octanol–water partition coefficient (Wildman–Crippen LogP) is 5.51. The highest BCUT2D eigenvalue weighted by Gasteiger charge is 2.34. The van der Waals surface area contributed by atoms with Gasteiger partial charge in [-0.25, -0.2) is 4.98 Å². The second-order valence-electron chi connectivity index (χ2n) is 14.6. The van der Waals surface area contributed by atoms with Gasteiger partial charge in [-0.3, -0.25) is 29.4 Å². The number of aliphatic carboxylic acids is 1. The quantitative estimate of drug-likeness (QED) is 0.203. The summed E-state index contributed by atoms with van der Waals surface area (Å²) in [4.78, 5) is 45.1. The van der Waals surface area contributed by atoms with Crippen molar-refractivity contribution in [3.05, 3.63) is 100 Å². The summed E-state index contributed by atoms with van der Waals surface area (Å²) in [7, 11) is 0. The van der Waals surface area contributed by atoms with E-state index in [9.17, 15) is 19.8 Å². The molecule has 2 fully saturated rings. The molecule has 3 aliphatic heterocycles. The molecular weight excluding hydrogens is 656 g/mol. The van der Waals surface area contributed by atoms with E-state index in [4.69, 9.17) is 19.4 Å². The van der Waals surface area contributed by atoms with Crippen molar-refractivity contribution in [2.75, 3.05) is 26.2 Å². The number of carboxylic acids is 1. The van der Waals surface area contributed by atoms with Crippen LogP contribution in [-0.2, 0) is 35.6 Å². The number of rotatable bonds is 9. The Balaban J connectivity index is 0.988. The van der Waals surface area contributed by atoms with Gasteiger partial charge in [0.2, 0.25) is 11.8 Å². The predicted molar refractivity (Wildman–Crippen MR) is 196 cm³/mol. The molecule has 0 spiro atoms. The number of fused-ring (bicyclic) bond motifs is 2. The summed E-state index contributed by atoms with van der Waals surface area (Å²) in [6.45, 7) is 8.02. The number of hydrogen-bond donors (Lipinski definition) is 2. The molecule has 11 nitrogen and oxygen atoms in total. The molecule has 0 bridgehead atoms. The highest BCUT2D eigenvalue weighted by atomic mass is 16.4. The molecule has 1 amide bonds. The van der Waals surface area contributed by atoms with E-state index in [0.29, 0.717) is 50.7 Å². The van der Waals surface area contributed by atoms with Crippen molar-refractivity contribution in [1.29, 1.82) is 0 Å². The highest BCUT2D eigenvalue weighted by Crippen LogP contribution is 2.37. The Labute approximate surface area is 302 Å². The maximum absolute atomic E-state index is 13.2. The standard InChI is InChI=1S/C41H44N6O5/c1-25-28(18-34-39-29(12-14-42-34)17-27(19-43-39)20-45-16-13-30(48)21-45)7-5-8-31(25)32-9-6-10-33(26(32)2)40-44-35-22-47(23-37(35)52-40)38(49)24-46-15-4-3-11-36(46)41(50)51/h5-10,12,14,17,19,30,36,48H,3-4,11,13,15-16,18,20-24H2,1-2H3,(H,50,51)/t30-,36+/m1/s1. The number of amides is 1. The van der Waals surface area contributed by atoms with Gasteiger partial charge in [-0.15, -0.1) is 0 Å². The number of nitrogens with zero attached hydrogens (tertiary/aromatic N) is 6. The van der Waals surface area contributed by atoms with Crippen LogP contribution in [0.5, 0.6) is 0 Å². The number of carbonyl (C=O) groups excluding carboxylic acids is 1. The Bertz CT molecular complexity index is 2140. The van der Waals surface area contributed by atoms with Crippen LogP contribution in [0, 0.1) is 13.8 Å². The lowest BCUT2D eigenvalue weighted by atomic mass is 9.90. The zero-order chi connectivity index (χ0) is 35.9. The average molecular weight is 701 g/mol. The number of hydrogen-bond acceptors (Lipinski definition) is 9. The van der Waals surface area contributed by atoms with E-state index >= 15 is 0 Å². The summed E-state index contributed by atoms with van der Waals surface area (Å²) in [5, 5.41) is 20.6. The molecule has 0 saturated carbocycles. The van der Waals surface area contributed by atoms with Crippen molar-refractivity contribution in [3.8, 4) is 22.6 Å². The van der Waals surface area contributed by atoms with Crippen LogP contribution in [0.4, 0.5) is 0 Å². The zero-order valence-corrected chi connectivity index (χ0v) is 29.7. The van der Waals surface area contributed by atoms with Crippen molar-refractivity contribution in [3.63, 3.8) is 0 Å². The van der Waals surface area contributed by atoms with Gasteiger partial charge in [0, 0.05) is 49.4 Å². The van der Waals surface area contributed by atoms with Crippen LogP contribution in [0.15, 0.2) is 65.3 Å². The molecule has 6 heterocycles. The minimum Gasteiger partial charge on any atom is -0.480 e. The Morgan fingerprint density at radius 3 is 2.54 bits per heavy atom. The number of aromatic nitrogens is 3. The molecule has 2 aromatic carbocycles. The molecule has 3 aliphatic rings.